The molecule has 0 aromatic heterocycles. The molecule has 6 heteroatoms. The summed E-state index contributed by atoms with van der Waals surface area (Å²) in [5.41, 5.74) is 2.02. The van der Waals surface area contributed by atoms with Crippen molar-refractivity contribution >= 4 is 12.2 Å². The maximum Gasteiger partial charge on any atom is 0.416 e. The topological polar surface area (TPSA) is 40.5 Å². The normalized spacial score (nSPS) is 21.7. The zero-order valence-corrected chi connectivity index (χ0v) is 12.8. The van der Waals surface area contributed by atoms with Crippen LogP contribution >= 0.6 is 0 Å². The van der Waals surface area contributed by atoms with Gasteiger partial charge < -0.3 is 10.0 Å². The number of amides is 1. The van der Waals surface area contributed by atoms with Gasteiger partial charge in [-0.2, -0.15) is 13.2 Å². The Hall–Kier alpha value is -1.98. The number of hydrogen-bond donors (Lipinski definition) is 1. The number of nitrogens with zero attached hydrogens (tertiary/aromatic N) is 1. The second kappa shape index (κ2) is 5.28. The van der Waals surface area contributed by atoms with E-state index >= 15 is 0 Å². The fraction of sp³-hybridized carbons (Fsp3) is 0.471. The number of halogens is 3. The lowest BCUT2D eigenvalue weighted by Gasteiger charge is -2.46. The number of carboxylic acid groups (broad SMARTS) is 1. The Labute approximate surface area is 132 Å². The molecule has 0 unspecified atom stereocenters. The van der Waals surface area contributed by atoms with Crippen molar-refractivity contribution in [1.29, 1.82) is 0 Å². The predicted molar refractivity (Wildman–Crippen MR) is 80.0 cm³/mol. The van der Waals surface area contributed by atoms with Gasteiger partial charge in [0, 0.05) is 18.5 Å². The summed E-state index contributed by atoms with van der Waals surface area (Å²) in [4.78, 5) is 12.3. The summed E-state index contributed by atoms with van der Waals surface area (Å²) in [7, 11) is 0. The highest BCUT2D eigenvalue weighted by Crippen LogP contribution is 2.48. The van der Waals surface area contributed by atoms with Gasteiger partial charge in [-0.3, -0.25) is 0 Å². The third kappa shape index (κ3) is 3.07. The molecule has 1 aliphatic heterocycles. The summed E-state index contributed by atoms with van der Waals surface area (Å²) in [6.07, 6.45) is -0.576. The number of hydrogen-bond acceptors (Lipinski definition) is 1. The number of carbonyl (C=O) groups is 1. The number of likely N-dealkylation sites (tertiary alicyclic amines) is 1. The van der Waals surface area contributed by atoms with Crippen LogP contribution in [0.25, 0.3) is 6.08 Å². The Morgan fingerprint density at radius 1 is 1.35 bits per heavy atom. The first-order chi connectivity index (χ1) is 10.7. The van der Waals surface area contributed by atoms with Gasteiger partial charge in [-0.05, 0) is 49.4 Å². The second-order valence-corrected chi connectivity index (χ2v) is 6.69. The van der Waals surface area contributed by atoms with Gasteiger partial charge in [0.05, 0.1) is 5.56 Å². The highest BCUT2D eigenvalue weighted by molar-refractivity contribution is 5.67. The highest BCUT2D eigenvalue weighted by atomic mass is 19.4. The molecule has 0 atom stereocenters. The Bertz CT molecular complexity index is 673. The third-order valence-electron chi connectivity index (χ3n) is 4.86. The van der Waals surface area contributed by atoms with E-state index in [0.29, 0.717) is 18.7 Å². The van der Waals surface area contributed by atoms with Crippen LogP contribution < -0.4 is 0 Å². The van der Waals surface area contributed by atoms with Gasteiger partial charge in [-0.25, -0.2) is 4.79 Å². The maximum absolute atomic E-state index is 12.7. The lowest BCUT2D eigenvalue weighted by Crippen LogP contribution is -2.56. The van der Waals surface area contributed by atoms with E-state index in [1.807, 2.05) is 6.08 Å². The molecule has 1 aromatic carbocycles. The SMILES string of the molecule is Cc1cc(C(F)(F)F)ccc1C=C1CCC2(C1)CN(C(=O)O)C2. The summed E-state index contributed by atoms with van der Waals surface area (Å²) in [6.45, 7) is 2.80. The van der Waals surface area contributed by atoms with Crippen LogP contribution in [0, 0.1) is 12.3 Å². The molecule has 23 heavy (non-hydrogen) atoms. The average molecular weight is 325 g/mol. The minimum Gasteiger partial charge on any atom is -0.465 e. The first-order valence-electron chi connectivity index (χ1n) is 7.54. The standard InChI is InChI=1S/C17H18F3NO2/c1-11-6-14(17(18,19)20)3-2-13(11)7-12-4-5-16(8-12)9-21(10-16)15(22)23/h2-3,6-7H,4-5,8-10H2,1H3,(H,22,23). The molecule has 124 valence electrons. The van der Waals surface area contributed by atoms with Crippen molar-refractivity contribution in [2.24, 2.45) is 5.41 Å². The van der Waals surface area contributed by atoms with Gasteiger partial charge in [0.1, 0.15) is 0 Å². The molecule has 1 heterocycles. The fourth-order valence-electron chi connectivity index (χ4n) is 3.61. The molecule has 1 saturated carbocycles. The van der Waals surface area contributed by atoms with Crippen molar-refractivity contribution in [3.8, 4) is 0 Å². The number of allylic oxidation sites excluding steroid dienone is 1. The monoisotopic (exact) mass is 325 g/mol. The Morgan fingerprint density at radius 3 is 2.61 bits per heavy atom. The molecule has 1 saturated heterocycles. The fourth-order valence-corrected chi connectivity index (χ4v) is 3.61. The Balaban J connectivity index is 1.73. The van der Waals surface area contributed by atoms with Crippen molar-refractivity contribution in [1.82, 2.24) is 4.90 Å². The summed E-state index contributed by atoms with van der Waals surface area (Å²) in [6, 6.07) is 3.80. The van der Waals surface area contributed by atoms with E-state index in [0.717, 1.165) is 30.9 Å². The largest absolute Gasteiger partial charge is 0.465 e. The van der Waals surface area contributed by atoms with Gasteiger partial charge in [-0.1, -0.05) is 17.7 Å². The van der Waals surface area contributed by atoms with Gasteiger partial charge in [-0.15, -0.1) is 0 Å². The van der Waals surface area contributed by atoms with Crippen LogP contribution in [0.3, 0.4) is 0 Å². The lowest BCUT2D eigenvalue weighted by molar-refractivity contribution is -0.137. The van der Waals surface area contributed by atoms with E-state index in [-0.39, 0.29) is 5.41 Å². The molecule has 1 N–H and O–H groups in total. The molecular formula is C17H18F3NO2. The van der Waals surface area contributed by atoms with Crippen LogP contribution in [-0.2, 0) is 6.18 Å². The van der Waals surface area contributed by atoms with Crippen molar-refractivity contribution in [3.63, 3.8) is 0 Å². The van der Waals surface area contributed by atoms with E-state index in [9.17, 15) is 18.0 Å². The van der Waals surface area contributed by atoms with E-state index in [4.69, 9.17) is 5.11 Å². The highest BCUT2D eigenvalue weighted by Gasteiger charge is 2.48. The van der Waals surface area contributed by atoms with Gasteiger partial charge in [0.15, 0.2) is 0 Å². The minimum absolute atomic E-state index is 0.0457. The predicted octanol–water partition coefficient (Wildman–Crippen LogP) is 4.56. The third-order valence-corrected chi connectivity index (χ3v) is 4.86. The summed E-state index contributed by atoms with van der Waals surface area (Å²) >= 11 is 0. The number of rotatable bonds is 1. The summed E-state index contributed by atoms with van der Waals surface area (Å²) < 4.78 is 38.1. The van der Waals surface area contributed by atoms with Crippen molar-refractivity contribution in [2.75, 3.05) is 13.1 Å². The molecule has 3 nitrogen and oxygen atoms in total. The van der Waals surface area contributed by atoms with Crippen LogP contribution in [0.1, 0.15) is 36.0 Å². The zero-order chi connectivity index (χ0) is 16.8. The van der Waals surface area contributed by atoms with Crippen LogP contribution in [0.15, 0.2) is 23.8 Å². The summed E-state index contributed by atoms with van der Waals surface area (Å²) in [5.74, 6) is 0. The van der Waals surface area contributed by atoms with Crippen molar-refractivity contribution in [3.05, 3.63) is 40.5 Å². The number of benzene rings is 1. The Morgan fingerprint density at radius 2 is 2.04 bits per heavy atom. The first kappa shape index (κ1) is 15.9. The van der Waals surface area contributed by atoms with E-state index in [2.05, 4.69) is 0 Å². The molecule has 1 aliphatic carbocycles. The van der Waals surface area contributed by atoms with E-state index in [1.54, 1.807) is 6.92 Å². The summed E-state index contributed by atoms with van der Waals surface area (Å²) in [5, 5.41) is 8.93. The lowest BCUT2D eigenvalue weighted by atomic mass is 9.78. The van der Waals surface area contributed by atoms with Crippen molar-refractivity contribution < 1.29 is 23.1 Å². The number of aryl methyl sites for hydroxylation is 1. The molecule has 0 radical (unpaired) electrons. The number of alkyl halides is 3. The molecule has 3 rings (SSSR count). The zero-order valence-electron chi connectivity index (χ0n) is 12.8. The van der Waals surface area contributed by atoms with Crippen LogP contribution in [0.4, 0.5) is 18.0 Å². The Kier molecular flexibility index (Phi) is 3.65. The molecular weight excluding hydrogens is 307 g/mol. The van der Waals surface area contributed by atoms with E-state index in [1.165, 1.54) is 22.6 Å². The molecule has 1 aromatic rings. The van der Waals surface area contributed by atoms with Gasteiger partial charge >= 0.3 is 12.3 Å². The first-order valence-corrected chi connectivity index (χ1v) is 7.54. The van der Waals surface area contributed by atoms with E-state index < -0.39 is 17.8 Å². The average Bonchev–Trinajstić information content (AvgIpc) is 2.82. The molecule has 2 aliphatic rings. The van der Waals surface area contributed by atoms with Crippen LogP contribution in [0.5, 0.6) is 0 Å². The molecule has 1 spiro atoms. The molecule has 1 amide bonds. The van der Waals surface area contributed by atoms with Crippen LogP contribution in [-0.4, -0.2) is 29.2 Å². The van der Waals surface area contributed by atoms with Gasteiger partial charge in [0.25, 0.3) is 0 Å². The van der Waals surface area contributed by atoms with Crippen LogP contribution in [0.2, 0.25) is 0 Å². The smallest absolute Gasteiger partial charge is 0.416 e. The maximum atomic E-state index is 12.7. The second-order valence-electron chi connectivity index (χ2n) is 6.69. The van der Waals surface area contributed by atoms with Crippen molar-refractivity contribution in [2.45, 2.75) is 32.4 Å². The minimum atomic E-state index is -4.32. The molecule has 2 fully saturated rings. The molecule has 0 bridgehead atoms. The van der Waals surface area contributed by atoms with Gasteiger partial charge in [0.2, 0.25) is 0 Å². The quantitative estimate of drug-likeness (QED) is 0.822.